The Kier molecular flexibility index (Phi) is 6.48. The molecule has 0 radical (unpaired) electrons. The molecule has 1 heterocycles. The largest absolute Gasteiger partial charge is 0.490 e. The van der Waals surface area contributed by atoms with E-state index in [0.29, 0.717) is 30.4 Å². The van der Waals surface area contributed by atoms with Crippen LogP contribution in [0.5, 0.6) is 11.5 Å². The molecular weight excluding hydrogens is 400 g/mol. The summed E-state index contributed by atoms with van der Waals surface area (Å²) in [5.74, 6) is 0.498. The van der Waals surface area contributed by atoms with E-state index in [1.807, 2.05) is 24.5 Å². The first-order valence-corrected chi connectivity index (χ1v) is 11.4. The van der Waals surface area contributed by atoms with Gasteiger partial charge in [-0.2, -0.15) is 4.31 Å². The molecule has 1 amide bonds. The van der Waals surface area contributed by atoms with E-state index in [2.05, 4.69) is 5.32 Å². The zero-order valence-corrected chi connectivity index (χ0v) is 17.3. The zero-order valence-electron chi connectivity index (χ0n) is 15.7. The number of amides is 1. The lowest BCUT2D eigenvalue weighted by Crippen LogP contribution is -2.35. The topological polar surface area (TPSA) is 84.9 Å². The standard InChI is InChI=1S/C19H22N2O5S2/c1-21(13-19(22)20-15-6-3-4-7-18(15)27-2)28(23,24)14-8-9-16-17(12-14)26-11-5-10-25-16/h3-4,6-9,12H,5,10-11,13H2,1-2H3,(H,20,22). The Balaban J connectivity index is 1.73. The average Bonchev–Trinajstić information content (AvgIpc) is 2.93. The number of anilines is 1. The first kappa shape index (κ1) is 20.5. The Morgan fingerprint density at radius 3 is 2.61 bits per heavy atom. The monoisotopic (exact) mass is 422 g/mol. The fourth-order valence-electron chi connectivity index (χ4n) is 2.71. The molecule has 1 aliphatic rings. The summed E-state index contributed by atoms with van der Waals surface area (Å²) in [7, 11) is -2.48. The molecule has 9 heteroatoms. The highest BCUT2D eigenvalue weighted by molar-refractivity contribution is 7.98. The van der Waals surface area contributed by atoms with Crippen LogP contribution in [-0.2, 0) is 14.8 Å². The molecule has 0 spiro atoms. The van der Waals surface area contributed by atoms with Crippen LogP contribution in [0, 0.1) is 0 Å². The number of thioether (sulfide) groups is 1. The predicted octanol–water partition coefficient (Wildman–Crippen LogP) is 2.83. The molecule has 0 bridgehead atoms. The number of carbonyl (C=O) groups is 1. The minimum absolute atomic E-state index is 0.0524. The summed E-state index contributed by atoms with van der Waals surface area (Å²) in [6.45, 7) is 0.680. The maximum Gasteiger partial charge on any atom is 0.243 e. The van der Waals surface area contributed by atoms with Gasteiger partial charge in [-0.3, -0.25) is 4.79 Å². The molecule has 0 aromatic heterocycles. The van der Waals surface area contributed by atoms with E-state index in [-0.39, 0.29) is 11.4 Å². The fraction of sp³-hybridized carbons (Fsp3) is 0.316. The van der Waals surface area contributed by atoms with E-state index in [0.717, 1.165) is 15.6 Å². The molecule has 0 fully saturated rings. The van der Waals surface area contributed by atoms with Crippen molar-refractivity contribution in [1.29, 1.82) is 0 Å². The number of carbonyl (C=O) groups excluding carboxylic acids is 1. The molecule has 7 nitrogen and oxygen atoms in total. The molecule has 1 aliphatic heterocycles. The maximum absolute atomic E-state index is 12.9. The van der Waals surface area contributed by atoms with Crippen molar-refractivity contribution in [3.8, 4) is 11.5 Å². The summed E-state index contributed by atoms with van der Waals surface area (Å²) in [6, 6.07) is 11.8. The Bertz CT molecular complexity index is 963. The SMILES string of the molecule is CSc1ccccc1NC(=O)CN(C)S(=O)(=O)c1ccc2c(c1)OCCCO2. The van der Waals surface area contributed by atoms with Crippen molar-refractivity contribution in [2.45, 2.75) is 16.2 Å². The number of hydrogen-bond acceptors (Lipinski definition) is 6. The third kappa shape index (κ3) is 4.60. The summed E-state index contributed by atoms with van der Waals surface area (Å²) in [4.78, 5) is 13.3. The number of sulfonamides is 1. The minimum Gasteiger partial charge on any atom is -0.490 e. The molecule has 28 heavy (non-hydrogen) atoms. The molecule has 2 aromatic rings. The van der Waals surface area contributed by atoms with Gasteiger partial charge in [0, 0.05) is 24.4 Å². The average molecular weight is 423 g/mol. The summed E-state index contributed by atoms with van der Waals surface area (Å²) in [6.07, 6.45) is 2.64. The normalized spacial score (nSPS) is 13.8. The third-order valence-corrected chi connectivity index (χ3v) is 6.77. The van der Waals surface area contributed by atoms with Crippen LogP contribution in [0.3, 0.4) is 0 Å². The molecular formula is C19H22N2O5S2. The van der Waals surface area contributed by atoms with Gasteiger partial charge in [0.25, 0.3) is 0 Å². The molecule has 0 saturated carbocycles. The molecule has 3 rings (SSSR count). The molecule has 0 aliphatic carbocycles. The summed E-state index contributed by atoms with van der Waals surface area (Å²) >= 11 is 1.50. The Hall–Kier alpha value is -2.23. The van der Waals surface area contributed by atoms with Crippen molar-refractivity contribution < 1.29 is 22.7 Å². The maximum atomic E-state index is 12.9. The van der Waals surface area contributed by atoms with Crippen molar-refractivity contribution in [3.05, 3.63) is 42.5 Å². The van der Waals surface area contributed by atoms with Crippen LogP contribution in [0.25, 0.3) is 0 Å². The number of rotatable bonds is 6. The van der Waals surface area contributed by atoms with Gasteiger partial charge in [0.15, 0.2) is 11.5 Å². The third-order valence-electron chi connectivity index (χ3n) is 4.17. The second kappa shape index (κ2) is 8.85. The summed E-state index contributed by atoms with van der Waals surface area (Å²) in [5, 5.41) is 2.76. The van der Waals surface area contributed by atoms with Crippen molar-refractivity contribution >= 4 is 33.4 Å². The van der Waals surface area contributed by atoms with Gasteiger partial charge in [-0.25, -0.2) is 8.42 Å². The lowest BCUT2D eigenvalue weighted by atomic mass is 10.3. The fourth-order valence-corrected chi connectivity index (χ4v) is 4.41. The number of likely N-dealkylation sites (N-methyl/N-ethyl adjacent to an activating group) is 1. The van der Waals surface area contributed by atoms with Gasteiger partial charge in [0.2, 0.25) is 15.9 Å². The Morgan fingerprint density at radius 2 is 1.86 bits per heavy atom. The minimum atomic E-state index is -3.86. The second-order valence-electron chi connectivity index (χ2n) is 6.17. The van der Waals surface area contributed by atoms with E-state index < -0.39 is 15.9 Å². The van der Waals surface area contributed by atoms with Gasteiger partial charge >= 0.3 is 0 Å². The van der Waals surface area contributed by atoms with Crippen LogP contribution < -0.4 is 14.8 Å². The summed E-state index contributed by atoms with van der Waals surface area (Å²) < 4.78 is 37.8. The van der Waals surface area contributed by atoms with Crippen molar-refractivity contribution in [2.24, 2.45) is 0 Å². The van der Waals surface area contributed by atoms with E-state index in [1.165, 1.54) is 30.9 Å². The van der Waals surface area contributed by atoms with Crippen LogP contribution in [0.1, 0.15) is 6.42 Å². The quantitative estimate of drug-likeness (QED) is 0.721. The van der Waals surface area contributed by atoms with Crippen LogP contribution in [0.15, 0.2) is 52.3 Å². The number of benzene rings is 2. The van der Waals surface area contributed by atoms with Gasteiger partial charge in [-0.15, -0.1) is 11.8 Å². The first-order chi connectivity index (χ1) is 13.4. The van der Waals surface area contributed by atoms with Crippen LogP contribution in [0.2, 0.25) is 0 Å². The van der Waals surface area contributed by atoms with Crippen LogP contribution in [-0.4, -0.2) is 51.7 Å². The molecule has 0 saturated heterocycles. The van der Waals surface area contributed by atoms with E-state index in [9.17, 15) is 13.2 Å². The second-order valence-corrected chi connectivity index (χ2v) is 9.06. The molecule has 0 unspecified atom stereocenters. The van der Waals surface area contributed by atoms with E-state index >= 15 is 0 Å². The lowest BCUT2D eigenvalue weighted by Gasteiger charge is -2.18. The van der Waals surface area contributed by atoms with Gasteiger partial charge in [-0.1, -0.05) is 12.1 Å². The zero-order chi connectivity index (χ0) is 20.1. The molecule has 0 atom stereocenters. The van der Waals surface area contributed by atoms with Crippen molar-refractivity contribution in [2.75, 3.05) is 38.4 Å². The number of hydrogen-bond donors (Lipinski definition) is 1. The highest BCUT2D eigenvalue weighted by Gasteiger charge is 2.25. The van der Waals surface area contributed by atoms with Gasteiger partial charge in [0.1, 0.15) is 0 Å². The summed E-state index contributed by atoms with van der Waals surface area (Å²) in [5.41, 5.74) is 0.654. The molecule has 1 N–H and O–H groups in total. The first-order valence-electron chi connectivity index (χ1n) is 8.70. The number of nitrogens with zero attached hydrogens (tertiary/aromatic N) is 1. The highest BCUT2D eigenvalue weighted by atomic mass is 32.2. The number of nitrogens with one attached hydrogen (secondary N) is 1. The number of para-hydroxylation sites is 1. The lowest BCUT2D eigenvalue weighted by molar-refractivity contribution is -0.116. The van der Waals surface area contributed by atoms with E-state index in [1.54, 1.807) is 12.1 Å². The smallest absolute Gasteiger partial charge is 0.243 e. The van der Waals surface area contributed by atoms with Crippen molar-refractivity contribution in [1.82, 2.24) is 4.31 Å². The Morgan fingerprint density at radius 1 is 1.14 bits per heavy atom. The Labute approximate surface area is 169 Å². The predicted molar refractivity (Wildman–Crippen MR) is 109 cm³/mol. The van der Waals surface area contributed by atoms with Gasteiger partial charge < -0.3 is 14.8 Å². The highest BCUT2D eigenvalue weighted by Crippen LogP contribution is 2.32. The molecule has 150 valence electrons. The number of ether oxygens (including phenoxy) is 2. The van der Waals surface area contributed by atoms with Gasteiger partial charge in [-0.05, 0) is 30.5 Å². The van der Waals surface area contributed by atoms with Crippen molar-refractivity contribution in [3.63, 3.8) is 0 Å². The van der Waals surface area contributed by atoms with Gasteiger partial charge in [0.05, 0.1) is 30.3 Å². The van der Waals surface area contributed by atoms with E-state index in [4.69, 9.17) is 9.47 Å². The van der Waals surface area contributed by atoms with Crippen LogP contribution >= 0.6 is 11.8 Å². The van der Waals surface area contributed by atoms with Crippen LogP contribution in [0.4, 0.5) is 5.69 Å². The number of fused-ring (bicyclic) bond motifs is 1. The molecule has 2 aromatic carbocycles.